The topological polar surface area (TPSA) is 130 Å². The number of carbonyl (C=O) groups is 2. The van der Waals surface area contributed by atoms with Crippen LogP contribution in [0.5, 0.6) is 0 Å². The van der Waals surface area contributed by atoms with Crippen LogP contribution in [0.3, 0.4) is 0 Å². The van der Waals surface area contributed by atoms with Crippen molar-refractivity contribution in [2.75, 3.05) is 5.32 Å². The molecule has 2 bridgehead atoms. The van der Waals surface area contributed by atoms with Crippen molar-refractivity contribution in [2.45, 2.75) is 53.6 Å². The predicted molar refractivity (Wildman–Crippen MR) is 123 cm³/mol. The predicted octanol–water partition coefficient (Wildman–Crippen LogP) is 2.99. The third-order valence-electron chi connectivity index (χ3n) is 7.54. The molecular formula is C24H21ClF3NO7S. The van der Waals surface area contributed by atoms with Crippen molar-refractivity contribution < 1.29 is 46.1 Å². The number of anilines is 1. The van der Waals surface area contributed by atoms with E-state index < -0.39 is 74.1 Å². The third kappa shape index (κ3) is 4.19. The number of benzene rings is 2. The summed E-state index contributed by atoms with van der Waals surface area (Å²) in [6.45, 7) is 0. The van der Waals surface area contributed by atoms with E-state index in [1.54, 1.807) is 0 Å². The molecule has 0 radical (unpaired) electrons. The highest BCUT2D eigenvalue weighted by molar-refractivity contribution is 7.92. The molecule has 2 aromatic carbocycles. The Hall–Kier alpha value is -2.67. The van der Waals surface area contributed by atoms with Crippen LogP contribution >= 0.6 is 11.6 Å². The van der Waals surface area contributed by atoms with Gasteiger partial charge in [-0.1, -0.05) is 11.6 Å². The molecule has 2 saturated carbocycles. The summed E-state index contributed by atoms with van der Waals surface area (Å²) in [7, 11) is -4.13. The smallest absolute Gasteiger partial charge is 0.338 e. The monoisotopic (exact) mass is 559 g/mol. The summed E-state index contributed by atoms with van der Waals surface area (Å²) in [5.74, 6) is -7.58. The number of halogens is 4. The first-order valence-electron chi connectivity index (χ1n) is 11.4. The van der Waals surface area contributed by atoms with Gasteiger partial charge < -0.3 is 20.3 Å². The maximum atomic E-state index is 13.8. The minimum Gasteiger partial charge on any atom is -0.454 e. The van der Waals surface area contributed by atoms with Gasteiger partial charge in [0.1, 0.15) is 11.7 Å². The zero-order valence-corrected chi connectivity index (χ0v) is 20.5. The van der Waals surface area contributed by atoms with Crippen LogP contribution in [0, 0.1) is 29.3 Å². The van der Waals surface area contributed by atoms with E-state index in [2.05, 4.69) is 5.32 Å². The Morgan fingerprint density at radius 1 is 1.05 bits per heavy atom. The zero-order valence-electron chi connectivity index (χ0n) is 19.0. The molecule has 37 heavy (non-hydrogen) atoms. The molecule has 1 aliphatic heterocycles. The standard InChI is InChI=1S/C24H21ClF3NO7S/c25-14-4-3-10(22(32)29-13-6-15(26)18(28)16(27)7-13)5-17(14)37(34,35)20-11-1-2-12(20)9-24(8-11)21(31)19(30)23(33)36-24/h3-7,11-12,19-21,30-31H,1-2,8-9H2,(H,29,32)/t11-,12?,19-,20?,21-,24?/m0/s1. The average molecular weight is 560 g/mol. The normalized spacial score (nSPS) is 31.0. The van der Waals surface area contributed by atoms with Crippen LogP contribution in [0.4, 0.5) is 18.9 Å². The third-order valence-corrected chi connectivity index (χ3v) is 10.4. The number of aliphatic hydroxyl groups excluding tert-OH is 2. The fourth-order valence-corrected chi connectivity index (χ4v) is 8.80. The molecule has 2 aromatic rings. The number of carbonyl (C=O) groups excluding carboxylic acids is 2. The summed E-state index contributed by atoms with van der Waals surface area (Å²) in [5.41, 5.74) is -1.90. The summed E-state index contributed by atoms with van der Waals surface area (Å²) in [6.07, 6.45) is -2.12. The highest BCUT2D eigenvalue weighted by Gasteiger charge is 2.63. The molecule has 1 spiro atoms. The van der Waals surface area contributed by atoms with Crippen LogP contribution in [0.1, 0.15) is 36.0 Å². The van der Waals surface area contributed by atoms with E-state index in [9.17, 15) is 41.4 Å². The number of hydrogen-bond acceptors (Lipinski definition) is 7. The van der Waals surface area contributed by atoms with Crippen LogP contribution in [0.25, 0.3) is 0 Å². The first-order valence-corrected chi connectivity index (χ1v) is 13.3. The molecule has 3 unspecified atom stereocenters. The van der Waals surface area contributed by atoms with Crippen LogP contribution in [-0.4, -0.2) is 53.6 Å². The van der Waals surface area contributed by atoms with Gasteiger partial charge in [0.05, 0.1) is 15.2 Å². The second-order valence-electron chi connectivity index (χ2n) is 9.74. The van der Waals surface area contributed by atoms with E-state index in [-0.39, 0.29) is 34.0 Å². The Morgan fingerprint density at radius 2 is 1.65 bits per heavy atom. The number of nitrogens with one attached hydrogen (secondary N) is 1. The summed E-state index contributed by atoms with van der Waals surface area (Å²) in [4.78, 5) is 24.2. The second-order valence-corrected chi connectivity index (χ2v) is 12.2. The van der Waals surface area contributed by atoms with Gasteiger partial charge in [0.2, 0.25) is 0 Å². The largest absolute Gasteiger partial charge is 0.454 e. The molecular weight excluding hydrogens is 539 g/mol. The van der Waals surface area contributed by atoms with Gasteiger partial charge >= 0.3 is 5.97 Å². The lowest BCUT2D eigenvalue weighted by molar-refractivity contribution is -0.158. The Kier molecular flexibility index (Phi) is 6.29. The Labute approximate surface area is 214 Å². The number of ether oxygens (including phenoxy) is 1. The van der Waals surface area contributed by atoms with E-state index in [4.69, 9.17) is 16.3 Å². The molecule has 1 heterocycles. The first-order chi connectivity index (χ1) is 17.3. The van der Waals surface area contributed by atoms with Crippen molar-refractivity contribution in [2.24, 2.45) is 11.8 Å². The van der Waals surface area contributed by atoms with Gasteiger partial charge in [-0.15, -0.1) is 0 Å². The fourth-order valence-electron chi connectivity index (χ4n) is 5.96. The summed E-state index contributed by atoms with van der Waals surface area (Å²) >= 11 is 6.23. The molecule has 3 aliphatic rings. The van der Waals surface area contributed by atoms with Crippen molar-refractivity contribution in [1.29, 1.82) is 0 Å². The maximum absolute atomic E-state index is 13.8. The van der Waals surface area contributed by atoms with E-state index >= 15 is 0 Å². The summed E-state index contributed by atoms with van der Waals surface area (Å²) in [5, 5.41) is 21.5. The molecule has 1 saturated heterocycles. The number of rotatable bonds is 4. The van der Waals surface area contributed by atoms with Gasteiger partial charge in [-0.2, -0.15) is 0 Å². The number of fused-ring (bicyclic) bond motifs is 2. The van der Waals surface area contributed by atoms with Crippen molar-refractivity contribution in [3.63, 3.8) is 0 Å². The lowest BCUT2D eigenvalue weighted by Gasteiger charge is -2.42. The maximum Gasteiger partial charge on any atom is 0.338 e. The van der Waals surface area contributed by atoms with E-state index in [1.165, 1.54) is 12.1 Å². The Morgan fingerprint density at radius 3 is 2.19 bits per heavy atom. The second kappa shape index (κ2) is 8.97. The quantitative estimate of drug-likeness (QED) is 0.388. The Balaban J connectivity index is 1.42. The molecule has 13 heteroatoms. The lowest BCUT2D eigenvalue weighted by atomic mass is 9.74. The molecule has 198 valence electrons. The van der Waals surface area contributed by atoms with Gasteiger partial charge in [-0.3, -0.25) is 4.79 Å². The van der Waals surface area contributed by atoms with Crippen molar-refractivity contribution in [3.05, 3.63) is 58.4 Å². The Bertz CT molecular complexity index is 1380. The van der Waals surface area contributed by atoms with Crippen molar-refractivity contribution >= 4 is 39.0 Å². The number of esters is 1. The van der Waals surface area contributed by atoms with Crippen LogP contribution < -0.4 is 5.32 Å². The molecule has 2 aliphatic carbocycles. The van der Waals surface area contributed by atoms with Crippen LogP contribution in [-0.2, 0) is 19.4 Å². The minimum atomic E-state index is -4.13. The van der Waals surface area contributed by atoms with Crippen LogP contribution in [0.15, 0.2) is 35.2 Å². The van der Waals surface area contributed by atoms with Gasteiger partial charge in [-0.05, 0) is 55.7 Å². The number of sulfone groups is 1. The highest BCUT2D eigenvalue weighted by Crippen LogP contribution is 2.55. The van der Waals surface area contributed by atoms with E-state index in [0.717, 1.165) is 6.07 Å². The van der Waals surface area contributed by atoms with Gasteiger partial charge in [-0.25, -0.2) is 26.4 Å². The number of amides is 1. The fraction of sp³-hybridized carbons (Fsp3) is 0.417. The van der Waals surface area contributed by atoms with Gasteiger partial charge in [0.25, 0.3) is 5.91 Å². The molecule has 3 fully saturated rings. The molecule has 6 atom stereocenters. The van der Waals surface area contributed by atoms with Gasteiger partial charge in [0.15, 0.2) is 33.4 Å². The SMILES string of the molecule is O=C(Nc1cc(F)c(F)c(F)c1)c1ccc(Cl)c(S(=O)(=O)C2C3CC[C@H]2CC2(C3)OC(=O)[C@@H](O)[C@@H]2O)c1. The van der Waals surface area contributed by atoms with Crippen molar-refractivity contribution in [1.82, 2.24) is 0 Å². The molecule has 3 N–H and O–H groups in total. The summed E-state index contributed by atoms with van der Waals surface area (Å²) in [6, 6.07) is 4.66. The zero-order chi connectivity index (χ0) is 26.9. The van der Waals surface area contributed by atoms with E-state index in [0.29, 0.717) is 25.0 Å². The summed E-state index contributed by atoms with van der Waals surface area (Å²) < 4.78 is 73.1. The highest BCUT2D eigenvalue weighted by atomic mass is 35.5. The van der Waals surface area contributed by atoms with Gasteiger partial charge in [0, 0.05) is 23.4 Å². The first kappa shape index (κ1) is 26.0. The average Bonchev–Trinajstić information content (AvgIpc) is 3.23. The van der Waals surface area contributed by atoms with Crippen LogP contribution in [0.2, 0.25) is 5.02 Å². The van der Waals surface area contributed by atoms with E-state index in [1.807, 2.05) is 0 Å². The molecule has 1 amide bonds. The molecule has 8 nitrogen and oxygen atoms in total. The van der Waals surface area contributed by atoms with Crippen molar-refractivity contribution in [3.8, 4) is 0 Å². The molecule has 5 rings (SSSR count). The molecule has 0 aromatic heterocycles. The number of aliphatic hydroxyl groups is 2. The number of hydrogen-bond donors (Lipinski definition) is 3. The minimum absolute atomic E-state index is 0.0385. The lowest BCUT2D eigenvalue weighted by Crippen LogP contribution is -2.52.